The number of carbonyl (C=O) groups is 1. The third-order valence-electron chi connectivity index (χ3n) is 4.22. The Labute approximate surface area is 147 Å². The van der Waals surface area contributed by atoms with Crippen molar-refractivity contribution < 1.29 is 4.79 Å². The molecule has 1 unspecified atom stereocenters. The summed E-state index contributed by atoms with van der Waals surface area (Å²) in [4.78, 5) is 23.1. The summed E-state index contributed by atoms with van der Waals surface area (Å²) in [6.07, 6.45) is 5.67. The van der Waals surface area contributed by atoms with E-state index in [1.165, 1.54) is 12.8 Å². The Morgan fingerprint density at radius 1 is 1.29 bits per heavy atom. The zero-order valence-electron chi connectivity index (χ0n) is 13.7. The Kier molecular flexibility index (Phi) is 5.30. The van der Waals surface area contributed by atoms with Gasteiger partial charge in [0.2, 0.25) is 0 Å². The summed E-state index contributed by atoms with van der Waals surface area (Å²) in [5.74, 6) is 1.29. The van der Waals surface area contributed by atoms with Crippen LogP contribution in [-0.4, -0.2) is 29.0 Å². The Hall–Kier alpha value is -2.14. The van der Waals surface area contributed by atoms with Crippen molar-refractivity contribution in [2.75, 3.05) is 18.0 Å². The molecule has 1 saturated heterocycles. The van der Waals surface area contributed by atoms with E-state index in [1.54, 1.807) is 24.5 Å². The molecule has 24 heavy (non-hydrogen) atoms. The van der Waals surface area contributed by atoms with Gasteiger partial charge in [-0.15, -0.1) is 0 Å². The molecule has 0 spiro atoms. The molecule has 1 aromatic heterocycles. The maximum Gasteiger partial charge on any atom is 0.271 e. The monoisotopic (exact) mass is 344 g/mol. The number of hydrogen-bond donors (Lipinski definition) is 1. The standard InChI is InChI=1S/C18H21ClN4O/c1-13-3-2-8-23(12-13)17-11-20-16(10-21-17)18(24)22-9-14-4-6-15(19)7-5-14/h4-7,10-11,13H,2-3,8-9,12H2,1H3,(H,22,24). The maximum atomic E-state index is 12.2. The predicted molar refractivity (Wildman–Crippen MR) is 95.3 cm³/mol. The molecule has 2 heterocycles. The number of benzene rings is 1. The van der Waals surface area contributed by atoms with Crippen LogP contribution in [-0.2, 0) is 6.54 Å². The number of hydrogen-bond acceptors (Lipinski definition) is 4. The molecule has 1 aliphatic rings. The molecule has 1 N–H and O–H groups in total. The van der Waals surface area contributed by atoms with Crippen molar-refractivity contribution in [3.05, 3.63) is 52.9 Å². The second-order valence-electron chi connectivity index (χ2n) is 6.26. The van der Waals surface area contributed by atoms with Crippen LogP contribution in [0.1, 0.15) is 35.8 Å². The van der Waals surface area contributed by atoms with Gasteiger partial charge in [0, 0.05) is 24.7 Å². The van der Waals surface area contributed by atoms with E-state index in [1.807, 2.05) is 12.1 Å². The van der Waals surface area contributed by atoms with E-state index < -0.39 is 0 Å². The fraction of sp³-hybridized carbons (Fsp3) is 0.389. The van der Waals surface area contributed by atoms with Crippen LogP contribution in [0.2, 0.25) is 5.02 Å². The number of amides is 1. The summed E-state index contributed by atoms with van der Waals surface area (Å²) >= 11 is 5.85. The van der Waals surface area contributed by atoms with Crippen molar-refractivity contribution in [1.29, 1.82) is 0 Å². The van der Waals surface area contributed by atoms with Crippen molar-refractivity contribution in [2.24, 2.45) is 5.92 Å². The van der Waals surface area contributed by atoms with Gasteiger partial charge in [-0.1, -0.05) is 30.7 Å². The van der Waals surface area contributed by atoms with Crippen molar-refractivity contribution in [3.63, 3.8) is 0 Å². The lowest BCUT2D eigenvalue weighted by Crippen LogP contribution is -2.35. The van der Waals surface area contributed by atoms with Crippen LogP contribution in [0.4, 0.5) is 5.82 Å². The van der Waals surface area contributed by atoms with E-state index in [4.69, 9.17) is 11.6 Å². The minimum atomic E-state index is -0.226. The third-order valence-corrected chi connectivity index (χ3v) is 4.47. The van der Waals surface area contributed by atoms with Crippen molar-refractivity contribution in [3.8, 4) is 0 Å². The smallest absolute Gasteiger partial charge is 0.271 e. The van der Waals surface area contributed by atoms with Gasteiger partial charge in [-0.05, 0) is 36.5 Å². The number of nitrogens with one attached hydrogen (secondary N) is 1. The predicted octanol–water partition coefficient (Wildman–Crippen LogP) is 3.30. The van der Waals surface area contributed by atoms with Crippen LogP contribution < -0.4 is 10.2 Å². The lowest BCUT2D eigenvalue weighted by atomic mass is 10.0. The molecule has 0 bridgehead atoms. The lowest BCUT2D eigenvalue weighted by Gasteiger charge is -2.31. The van der Waals surface area contributed by atoms with Crippen molar-refractivity contribution in [2.45, 2.75) is 26.3 Å². The van der Waals surface area contributed by atoms with Crippen LogP contribution in [0.25, 0.3) is 0 Å². The largest absolute Gasteiger partial charge is 0.355 e. The van der Waals surface area contributed by atoms with Gasteiger partial charge in [-0.2, -0.15) is 0 Å². The molecule has 1 atom stereocenters. The number of piperidine rings is 1. The number of rotatable bonds is 4. The van der Waals surface area contributed by atoms with Gasteiger partial charge in [-0.3, -0.25) is 4.79 Å². The van der Waals surface area contributed by atoms with Gasteiger partial charge in [-0.25, -0.2) is 9.97 Å². The van der Waals surface area contributed by atoms with Gasteiger partial charge >= 0.3 is 0 Å². The number of aromatic nitrogens is 2. The first-order valence-electron chi connectivity index (χ1n) is 8.21. The second kappa shape index (κ2) is 7.62. The molecule has 6 heteroatoms. The highest BCUT2D eigenvalue weighted by Gasteiger charge is 2.18. The quantitative estimate of drug-likeness (QED) is 0.924. The van der Waals surface area contributed by atoms with E-state index in [-0.39, 0.29) is 5.91 Å². The van der Waals surface area contributed by atoms with Crippen molar-refractivity contribution in [1.82, 2.24) is 15.3 Å². The van der Waals surface area contributed by atoms with Gasteiger partial charge in [0.1, 0.15) is 11.5 Å². The average molecular weight is 345 g/mol. The minimum absolute atomic E-state index is 0.226. The Bertz CT molecular complexity index is 687. The number of nitrogens with zero attached hydrogens (tertiary/aromatic N) is 3. The summed E-state index contributed by atoms with van der Waals surface area (Å²) in [6, 6.07) is 7.37. The first-order chi connectivity index (χ1) is 11.6. The summed E-state index contributed by atoms with van der Waals surface area (Å²) in [7, 11) is 0. The SMILES string of the molecule is CC1CCCN(c2cnc(C(=O)NCc3ccc(Cl)cc3)cn2)C1. The summed E-state index contributed by atoms with van der Waals surface area (Å²) in [5.41, 5.74) is 1.32. The van der Waals surface area contributed by atoms with E-state index in [0.29, 0.717) is 23.2 Å². The number of carbonyl (C=O) groups excluding carboxylic acids is 1. The molecule has 1 fully saturated rings. The highest BCUT2D eigenvalue weighted by molar-refractivity contribution is 6.30. The van der Waals surface area contributed by atoms with Crippen LogP contribution >= 0.6 is 11.6 Å². The fourth-order valence-electron chi connectivity index (χ4n) is 2.87. The van der Waals surface area contributed by atoms with E-state index in [2.05, 4.69) is 27.1 Å². The highest BCUT2D eigenvalue weighted by atomic mass is 35.5. The van der Waals surface area contributed by atoms with E-state index in [9.17, 15) is 4.79 Å². The Morgan fingerprint density at radius 3 is 2.75 bits per heavy atom. The lowest BCUT2D eigenvalue weighted by molar-refractivity contribution is 0.0945. The number of halogens is 1. The van der Waals surface area contributed by atoms with Gasteiger partial charge < -0.3 is 10.2 Å². The molecule has 1 aliphatic heterocycles. The summed E-state index contributed by atoms with van der Waals surface area (Å²) in [5, 5.41) is 3.52. The third kappa shape index (κ3) is 4.23. The Morgan fingerprint density at radius 2 is 2.08 bits per heavy atom. The molecule has 0 radical (unpaired) electrons. The maximum absolute atomic E-state index is 12.2. The Balaban J connectivity index is 1.58. The molecule has 1 amide bonds. The van der Waals surface area contributed by atoms with Crippen LogP contribution in [0.5, 0.6) is 0 Å². The fourth-order valence-corrected chi connectivity index (χ4v) is 3.00. The molecule has 1 aromatic carbocycles. The molecule has 5 nitrogen and oxygen atoms in total. The summed E-state index contributed by atoms with van der Waals surface area (Å²) < 4.78 is 0. The van der Waals surface area contributed by atoms with E-state index >= 15 is 0 Å². The van der Waals surface area contributed by atoms with Crippen molar-refractivity contribution >= 4 is 23.3 Å². The van der Waals surface area contributed by atoms with Gasteiger partial charge in [0.15, 0.2) is 0 Å². The second-order valence-corrected chi connectivity index (χ2v) is 6.70. The topological polar surface area (TPSA) is 58.1 Å². The van der Waals surface area contributed by atoms with Crippen LogP contribution in [0, 0.1) is 5.92 Å². The summed E-state index contributed by atoms with van der Waals surface area (Å²) in [6.45, 7) is 4.68. The number of anilines is 1. The normalized spacial score (nSPS) is 17.6. The zero-order chi connectivity index (χ0) is 16.9. The molecular weight excluding hydrogens is 324 g/mol. The van der Waals surface area contributed by atoms with Crippen LogP contribution in [0.3, 0.4) is 0 Å². The molecule has 0 aliphatic carbocycles. The molecule has 0 saturated carbocycles. The zero-order valence-corrected chi connectivity index (χ0v) is 14.5. The molecular formula is C18H21ClN4O. The van der Waals surface area contributed by atoms with Gasteiger partial charge in [0.05, 0.1) is 12.4 Å². The average Bonchev–Trinajstić information content (AvgIpc) is 2.61. The van der Waals surface area contributed by atoms with E-state index in [0.717, 1.165) is 24.5 Å². The van der Waals surface area contributed by atoms with Gasteiger partial charge in [0.25, 0.3) is 5.91 Å². The minimum Gasteiger partial charge on any atom is -0.355 e. The first-order valence-corrected chi connectivity index (χ1v) is 8.59. The highest BCUT2D eigenvalue weighted by Crippen LogP contribution is 2.20. The van der Waals surface area contributed by atoms with Crippen LogP contribution in [0.15, 0.2) is 36.7 Å². The molecule has 2 aromatic rings. The molecule has 3 rings (SSSR count). The molecule has 126 valence electrons. The first kappa shape index (κ1) is 16.7.